The normalized spacial score (nSPS) is 13.2. The van der Waals surface area contributed by atoms with Crippen LogP contribution in [0.15, 0.2) is 62.4 Å². The van der Waals surface area contributed by atoms with E-state index >= 15 is 0 Å². The van der Waals surface area contributed by atoms with Crippen LogP contribution in [0.2, 0.25) is 0 Å². The molecular formula is C53H58N12O16S. The van der Waals surface area contributed by atoms with E-state index in [0.717, 1.165) is 23.5 Å². The van der Waals surface area contributed by atoms with Crippen LogP contribution in [0.3, 0.4) is 0 Å². The van der Waals surface area contributed by atoms with Gasteiger partial charge in [-0.15, -0.1) is 0 Å². The molecule has 6 aromatic rings. The third kappa shape index (κ3) is 14.3. The number of carbonyl (C=O) groups is 10. The van der Waals surface area contributed by atoms with Crippen LogP contribution in [0.5, 0.6) is 11.5 Å². The number of fused-ring (bicyclic) bond motifs is 2. The zero-order valence-corrected chi connectivity index (χ0v) is 46.1. The van der Waals surface area contributed by atoms with Gasteiger partial charge in [0.05, 0.1) is 41.9 Å². The van der Waals surface area contributed by atoms with E-state index in [-0.39, 0.29) is 108 Å². The lowest BCUT2D eigenvalue weighted by atomic mass is 10.1. The third-order valence-corrected chi connectivity index (χ3v) is 13.4. The summed E-state index contributed by atoms with van der Waals surface area (Å²) in [5.41, 5.74) is 13.4. The van der Waals surface area contributed by atoms with Crippen LogP contribution < -0.4 is 41.7 Å². The number of carboxylic acid groups (broad SMARTS) is 1. The monoisotopic (exact) mass is 1150 g/mol. The van der Waals surface area contributed by atoms with E-state index in [1.54, 1.807) is 48.1 Å². The Morgan fingerprint density at radius 1 is 0.829 bits per heavy atom. The Balaban J connectivity index is 1.11. The zero-order chi connectivity index (χ0) is 59.5. The number of amides is 8. The molecule has 432 valence electrons. The van der Waals surface area contributed by atoms with Gasteiger partial charge in [-0.1, -0.05) is 37.3 Å². The fraction of sp³-hybridized carbons (Fsp3) is 0.358. The third-order valence-electron chi connectivity index (χ3n) is 12.4. The summed E-state index contributed by atoms with van der Waals surface area (Å²) in [5.74, 6) is -7.16. The fourth-order valence-corrected chi connectivity index (χ4v) is 9.59. The number of hydrogen-bond acceptors (Lipinski definition) is 19. The number of hydrogen-bond donors (Lipinski definition) is 6. The Morgan fingerprint density at radius 3 is 2.09 bits per heavy atom. The Morgan fingerprint density at radius 2 is 1.45 bits per heavy atom. The zero-order valence-electron chi connectivity index (χ0n) is 45.3. The lowest BCUT2D eigenvalue weighted by Gasteiger charge is -2.21. The van der Waals surface area contributed by atoms with E-state index in [0.29, 0.717) is 44.9 Å². The summed E-state index contributed by atoms with van der Waals surface area (Å²) in [7, 11) is 1.42. The maximum absolute atomic E-state index is 13.9. The van der Waals surface area contributed by atoms with E-state index in [1.165, 1.54) is 32.2 Å². The number of aliphatic carboxylic acids is 1. The number of thiazole rings is 1. The molecule has 8 N–H and O–H groups in total. The molecular weight excluding hydrogens is 1090 g/mol. The number of anilines is 1. The number of methoxy groups -OCH3 is 1. The number of benzene rings is 2. The lowest BCUT2D eigenvalue weighted by Crippen LogP contribution is -2.51. The number of ether oxygens (including phenoxy) is 3. The minimum absolute atomic E-state index is 0.000360. The highest BCUT2D eigenvalue weighted by Gasteiger charge is 2.30. The van der Waals surface area contributed by atoms with Crippen molar-refractivity contribution in [2.75, 3.05) is 32.1 Å². The molecule has 1 aliphatic rings. The van der Waals surface area contributed by atoms with E-state index in [1.807, 2.05) is 6.92 Å². The summed E-state index contributed by atoms with van der Waals surface area (Å²) in [6.45, 7) is 7.30. The number of nitrogens with two attached hydrogens (primary N) is 2. The molecule has 2 atom stereocenters. The van der Waals surface area contributed by atoms with Crippen molar-refractivity contribution in [1.82, 2.24) is 39.6 Å². The van der Waals surface area contributed by atoms with E-state index in [9.17, 15) is 53.1 Å². The van der Waals surface area contributed by atoms with E-state index in [2.05, 4.69) is 35.9 Å². The van der Waals surface area contributed by atoms with Crippen molar-refractivity contribution in [3.05, 3.63) is 99.2 Å². The van der Waals surface area contributed by atoms with Crippen molar-refractivity contribution in [3.63, 3.8) is 0 Å². The fourth-order valence-electron chi connectivity index (χ4n) is 8.50. The summed E-state index contributed by atoms with van der Waals surface area (Å²) in [4.78, 5) is 145. The van der Waals surface area contributed by atoms with Gasteiger partial charge in [0.25, 0.3) is 17.7 Å². The predicted molar refractivity (Wildman–Crippen MR) is 289 cm³/mol. The Bertz CT molecular complexity index is 3660. The number of nitrogens with zero attached hydrogens (tertiary/aromatic N) is 7. The van der Waals surface area contributed by atoms with Crippen LogP contribution in [0.25, 0.3) is 21.3 Å². The largest absolute Gasteiger partial charge is 0.494 e. The first-order valence-electron chi connectivity index (χ1n) is 25.6. The summed E-state index contributed by atoms with van der Waals surface area (Å²) in [6, 6.07) is 4.47. The molecule has 0 unspecified atom stereocenters. The van der Waals surface area contributed by atoms with Crippen molar-refractivity contribution in [3.8, 4) is 11.5 Å². The van der Waals surface area contributed by atoms with E-state index in [4.69, 9.17) is 34.5 Å². The number of nitrogens with one attached hydrogen (secondary N) is 3. The molecule has 0 saturated carbocycles. The summed E-state index contributed by atoms with van der Waals surface area (Å²) in [5, 5.41) is 16.9. The van der Waals surface area contributed by atoms with Crippen LogP contribution >= 0.6 is 11.3 Å². The van der Waals surface area contributed by atoms with Crippen LogP contribution in [0.4, 0.5) is 5.95 Å². The number of primary amides is 2. The quantitative estimate of drug-likeness (QED) is 0.0187. The molecule has 8 amide bonds. The number of allylic oxidation sites excluding steroid dienone is 2. The molecule has 0 saturated heterocycles. The van der Waals surface area contributed by atoms with Crippen LogP contribution in [-0.4, -0.2) is 132 Å². The molecule has 0 spiro atoms. The van der Waals surface area contributed by atoms with Gasteiger partial charge >= 0.3 is 17.8 Å². The van der Waals surface area contributed by atoms with Gasteiger partial charge in [-0.3, -0.25) is 58.2 Å². The highest BCUT2D eigenvalue weighted by molar-refractivity contribution is 7.16. The number of rotatable bonds is 27. The average Bonchev–Trinajstić information content (AvgIpc) is 4.40. The van der Waals surface area contributed by atoms with Crippen molar-refractivity contribution >= 4 is 97.7 Å². The molecule has 0 fully saturated rings. The van der Waals surface area contributed by atoms with Gasteiger partial charge in [0.1, 0.15) is 41.2 Å². The highest BCUT2D eigenvalue weighted by Crippen LogP contribution is 2.33. The Kier molecular flexibility index (Phi) is 19.3. The second-order valence-electron chi connectivity index (χ2n) is 18.4. The topological polar surface area (TPSA) is 397 Å². The second kappa shape index (κ2) is 26.4. The van der Waals surface area contributed by atoms with Crippen molar-refractivity contribution < 1.29 is 76.1 Å². The summed E-state index contributed by atoms with van der Waals surface area (Å²) >= 11 is 1.10. The van der Waals surface area contributed by atoms with Gasteiger partial charge in [-0.25, -0.2) is 15.0 Å². The number of carbonyl (C=O) groups excluding carboxylic acids is 9. The first-order valence-corrected chi connectivity index (χ1v) is 26.4. The number of carboxylic acids is 1. The molecule has 0 bridgehead atoms. The van der Waals surface area contributed by atoms with Gasteiger partial charge in [0.2, 0.25) is 41.1 Å². The molecule has 5 heterocycles. The van der Waals surface area contributed by atoms with Crippen molar-refractivity contribution in [1.29, 1.82) is 0 Å². The summed E-state index contributed by atoms with van der Waals surface area (Å²) < 4.78 is 32.5. The number of imidazole rings is 1. The van der Waals surface area contributed by atoms with Crippen molar-refractivity contribution in [2.45, 2.75) is 98.4 Å². The molecule has 82 heavy (non-hydrogen) atoms. The minimum atomic E-state index is -1.37. The lowest BCUT2D eigenvalue weighted by molar-refractivity contribution is -0.149. The molecule has 4 aromatic heterocycles. The Hall–Kier alpha value is -9.80. The number of imide groups is 1. The molecule has 29 heteroatoms. The molecule has 0 radical (unpaired) electrons. The highest BCUT2D eigenvalue weighted by atomic mass is 32.1. The van der Waals surface area contributed by atoms with Gasteiger partial charge in [0, 0.05) is 63.1 Å². The van der Waals surface area contributed by atoms with Crippen LogP contribution in [-0.2, 0) is 59.4 Å². The number of aromatic nitrogens is 5. The predicted octanol–water partition coefficient (Wildman–Crippen LogP) is 2.71. The number of aryl methyl sites for hydroxylation is 4. The number of oxazole rings is 2. The first-order chi connectivity index (χ1) is 39.1. The maximum atomic E-state index is 13.9. The molecule has 1 aliphatic heterocycles. The van der Waals surface area contributed by atoms with Gasteiger partial charge in [0.15, 0.2) is 16.6 Å². The van der Waals surface area contributed by atoms with Gasteiger partial charge in [-0.05, 0) is 56.9 Å². The van der Waals surface area contributed by atoms with Crippen molar-refractivity contribution in [2.24, 2.45) is 16.5 Å². The van der Waals surface area contributed by atoms with Crippen LogP contribution in [0, 0.1) is 13.8 Å². The smallest absolute Gasteiger partial charge is 0.317 e. The molecule has 28 nitrogen and oxygen atoms in total. The first kappa shape index (κ1) is 59.9. The molecule has 2 aromatic carbocycles. The summed E-state index contributed by atoms with van der Waals surface area (Å²) in [6.07, 6.45) is 4.33. The maximum Gasteiger partial charge on any atom is 0.317 e. The van der Waals surface area contributed by atoms with Gasteiger partial charge < -0.3 is 59.4 Å². The molecule has 7 rings (SSSR count). The SMILES string of the molecule is CCc1nc(C)oc1C(=O)/N=c1\sc2cc(C(N)=O)cc(OC)c2n1C/C=C/Cn1c(NC(=O)c2oc(C)nc2CC)nc2cc(C(N)=O)cc(OCCCC(=O)O[C@@H](C)CNC(=O)[C@H](CCC(=O)O)NC(=O)CN3C(=O)C=CC3=O)c21. The Labute approximate surface area is 469 Å². The number of esters is 1. The van der Waals surface area contributed by atoms with Crippen LogP contribution in [0.1, 0.15) is 111 Å². The average molecular weight is 1150 g/mol. The van der Waals surface area contributed by atoms with E-state index < -0.39 is 84.3 Å². The standard InChI is InChI=1S/C53H58N12O16S/c1-7-31-45(80-27(4)57-31)50(75)61-52-60-34-20-29(47(54)72)22-36(78-19-11-12-42(71)79-26(3)24-56-49(74)33(13-16-41(69)70)59-38(66)25-65-39(67)14-15-40(65)68)43(34)63(52)17-9-10-18-64-44-35(77-6)21-30(48(55)73)23-37(44)82-53(64)62-51(76)46-32(8-2)58-28(5)81-46/h9-10,14-15,20-23,26,33H,7-8,11-13,16-19,24-25H2,1-6H3,(H2,54,72)(H2,55,73)(H,56,74)(H,59,66)(H,69,70)(H,60,61,75)/b10-9+,62-53-/t26-,33-/m0/s1. The molecule has 0 aliphatic carbocycles. The van der Waals surface area contributed by atoms with Gasteiger partial charge in [-0.2, -0.15) is 4.99 Å². The minimum Gasteiger partial charge on any atom is -0.494 e. The second-order valence-corrected chi connectivity index (χ2v) is 19.4.